The standard InChI is InChI=1S/C25H18N4O9S3/c30-39(31,32)16-13-18-17(23(14-16)41(36,37)38)10-11-22(40(33,34)35)25(18)29-28-19-6-2-1-5-15(19)9-12-24-26-20-7-3-4-8-21(20)27-24/h1-14H,(H,26,27)(H,30,31,32)(H,33,34,35)(H,36,37,38)/b12-9+,29-28?. The van der Waals surface area contributed by atoms with Gasteiger partial charge in [0.05, 0.1) is 21.6 Å². The Kier molecular flexibility index (Phi) is 7.06. The van der Waals surface area contributed by atoms with E-state index in [4.69, 9.17) is 0 Å². The lowest BCUT2D eigenvalue weighted by Gasteiger charge is -2.11. The maximum absolute atomic E-state index is 12.2. The summed E-state index contributed by atoms with van der Waals surface area (Å²) in [6.45, 7) is 0. The molecule has 1 heterocycles. The summed E-state index contributed by atoms with van der Waals surface area (Å²) in [5.74, 6) is 0.538. The van der Waals surface area contributed by atoms with Crippen molar-refractivity contribution in [2.75, 3.05) is 0 Å². The largest absolute Gasteiger partial charge is 0.338 e. The number of azo groups is 1. The molecule has 0 unspecified atom stereocenters. The zero-order chi connectivity index (χ0) is 29.6. The van der Waals surface area contributed by atoms with Crippen molar-refractivity contribution in [2.45, 2.75) is 14.7 Å². The number of aromatic amines is 1. The van der Waals surface area contributed by atoms with Crippen LogP contribution in [0.1, 0.15) is 11.4 Å². The lowest BCUT2D eigenvalue weighted by Crippen LogP contribution is -2.05. The summed E-state index contributed by atoms with van der Waals surface area (Å²) in [5, 5.41) is 7.22. The molecule has 0 amide bonds. The van der Waals surface area contributed by atoms with Gasteiger partial charge in [-0.2, -0.15) is 25.3 Å². The Morgan fingerprint density at radius 1 is 0.683 bits per heavy atom. The minimum atomic E-state index is -5.07. The number of nitrogens with one attached hydrogen (secondary N) is 1. The molecule has 16 heteroatoms. The number of H-pyrrole nitrogens is 1. The van der Waals surface area contributed by atoms with Gasteiger partial charge < -0.3 is 4.98 Å². The van der Waals surface area contributed by atoms with E-state index in [0.717, 1.165) is 29.2 Å². The van der Waals surface area contributed by atoms with Crippen molar-refractivity contribution in [3.8, 4) is 0 Å². The first-order valence-electron chi connectivity index (χ1n) is 11.4. The molecule has 5 rings (SSSR count). The Bertz CT molecular complexity index is 2210. The highest BCUT2D eigenvalue weighted by Gasteiger charge is 2.25. The average molecular weight is 615 g/mol. The summed E-state index contributed by atoms with van der Waals surface area (Å²) in [6.07, 6.45) is 3.33. The third-order valence-electron chi connectivity index (χ3n) is 5.88. The number of rotatable bonds is 7. The molecule has 0 aliphatic carbocycles. The minimum Gasteiger partial charge on any atom is -0.338 e. The number of benzene rings is 4. The van der Waals surface area contributed by atoms with E-state index >= 15 is 0 Å². The first-order valence-corrected chi connectivity index (χ1v) is 15.7. The molecule has 0 fully saturated rings. The molecule has 4 aromatic carbocycles. The van der Waals surface area contributed by atoms with E-state index in [0.29, 0.717) is 17.5 Å². The summed E-state index contributed by atoms with van der Waals surface area (Å²) >= 11 is 0. The highest BCUT2D eigenvalue weighted by Crippen LogP contribution is 2.39. The predicted octanol–water partition coefficient (Wildman–Crippen LogP) is 5.04. The number of fused-ring (bicyclic) bond motifs is 2. The van der Waals surface area contributed by atoms with Crippen molar-refractivity contribution in [3.63, 3.8) is 0 Å². The molecule has 0 saturated heterocycles. The molecule has 0 aliphatic rings. The molecule has 210 valence electrons. The van der Waals surface area contributed by atoms with Crippen LogP contribution < -0.4 is 0 Å². The van der Waals surface area contributed by atoms with E-state index in [1.165, 1.54) is 6.07 Å². The van der Waals surface area contributed by atoms with Gasteiger partial charge in [-0.25, -0.2) is 4.98 Å². The maximum atomic E-state index is 12.2. The molecule has 0 bridgehead atoms. The van der Waals surface area contributed by atoms with Crippen molar-refractivity contribution in [1.29, 1.82) is 0 Å². The number of aromatic nitrogens is 2. The average Bonchev–Trinajstić information content (AvgIpc) is 3.31. The smallest absolute Gasteiger partial charge is 0.296 e. The molecule has 0 radical (unpaired) electrons. The minimum absolute atomic E-state index is 0.207. The quantitative estimate of drug-likeness (QED) is 0.141. The van der Waals surface area contributed by atoms with E-state index in [1.807, 2.05) is 24.3 Å². The first kappa shape index (κ1) is 28.2. The fourth-order valence-electron chi connectivity index (χ4n) is 4.06. The highest BCUT2D eigenvalue weighted by atomic mass is 32.2. The number of hydrogen-bond acceptors (Lipinski definition) is 9. The number of para-hydroxylation sites is 2. The van der Waals surface area contributed by atoms with Gasteiger partial charge in [-0.05, 0) is 48.6 Å². The van der Waals surface area contributed by atoms with Crippen LogP contribution >= 0.6 is 0 Å². The number of hydrogen-bond donors (Lipinski definition) is 4. The van der Waals surface area contributed by atoms with Gasteiger partial charge in [-0.15, -0.1) is 10.2 Å². The van der Waals surface area contributed by atoms with Gasteiger partial charge in [0.25, 0.3) is 30.4 Å². The molecular weight excluding hydrogens is 596 g/mol. The van der Waals surface area contributed by atoms with Gasteiger partial charge in [0.15, 0.2) is 0 Å². The number of imidazole rings is 1. The highest BCUT2D eigenvalue weighted by molar-refractivity contribution is 7.87. The van der Waals surface area contributed by atoms with Crippen LogP contribution in [0.25, 0.3) is 34.0 Å². The molecule has 0 spiro atoms. The van der Waals surface area contributed by atoms with E-state index in [-0.39, 0.29) is 11.1 Å². The maximum Gasteiger partial charge on any atom is 0.296 e. The van der Waals surface area contributed by atoms with Crippen molar-refractivity contribution < 1.29 is 38.9 Å². The van der Waals surface area contributed by atoms with Crippen LogP contribution in [-0.4, -0.2) is 48.9 Å². The zero-order valence-corrected chi connectivity index (χ0v) is 22.9. The van der Waals surface area contributed by atoms with Crippen LogP contribution in [0, 0.1) is 0 Å². The summed E-state index contributed by atoms with van der Waals surface area (Å²) < 4.78 is 101. The van der Waals surface area contributed by atoms with Gasteiger partial charge in [-0.3, -0.25) is 13.7 Å². The predicted molar refractivity (Wildman–Crippen MR) is 149 cm³/mol. The Labute approximate surface area is 233 Å². The summed E-state index contributed by atoms with van der Waals surface area (Å²) in [6, 6.07) is 16.9. The number of nitrogens with zero attached hydrogens (tertiary/aromatic N) is 3. The molecular formula is C25H18N4O9S3. The molecule has 0 saturated carbocycles. The van der Waals surface area contributed by atoms with Gasteiger partial charge >= 0.3 is 0 Å². The molecule has 1 aromatic heterocycles. The van der Waals surface area contributed by atoms with Crippen molar-refractivity contribution in [3.05, 3.63) is 84.2 Å². The van der Waals surface area contributed by atoms with Crippen LogP contribution in [0.15, 0.2) is 97.7 Å². The Balaban J connectivity index is 1.69. The second-order valence-corrected chi connectivity index (χ2v) is 12.8. The van der Waals surface area contributed by atoms with E-state index < -0.39 is 56.1 Å². The van der Waals surface area contributed by atoms with Crippen LogP contribution in [0.4, 0.5) is 11.4 Å². The fraction of sp³-hybridized carbons (Fsp3) is 0. The normalized spacial score (nSPS) is 13.1. The van der Waals surface area contributed by atoms with Crippen LogP contribution in [0.3, 0.4) is 0 Å². The van der Waals surface area contributed by atoms with E-state index in [2.05, 4.69) is 20.2 Å². The topological polar surface area (TPSA) is 217 Å². The monoisotopic (exact) mass is 614 g/mol. The molecule has 0 aliphatic heterocycles. The molecule has 4 N–H and O–H groups in total. The van der Waals surface area contributed by atoms with Gasteiger partial charge in [0, 0.05) is 16.3 Å². The van der Waals surface area contributed by atoms with Crippen molar-refractivity contribution in [1.82, 2.24) is 9.97 Å². The first-order chi connectivity index (χ1) is 19.2. The molecule has 5 aromatic rings. The third-order valence-corrected chi connectivity index (χ3v) is 8.49. The summed E-state index contributed by atoms with van der Waals surface area (Å²) in [4.78, 5) is 4.83. The fourth-order valence-corrected chi connectivity index (χ4v) is 6.03. The second-order valence-electron chi connectivity index (χ2n) is 8.59. The Morgan fingerprint density at radius 3 is 2.05 bits per heavy atom. The molecule has 0 atom stereocenters. The van der Waals surface area contributed by atoms with Crippen LogP contribution in [0.2, 0.25) is 0 Å². The Hall–Kier alpha value is -4.32. The molecule has 13 nitrogen and oxygen atoms in total. The molecule has 41 heavy (non-hydrogen) atoms. The zero-order valence-electron chi connectivity index (χ0n) is 20.4. The van der Waals surface area contributed by atoms with Crippen LogP contribution in [-0.2, 0) is 30.4 Å². The van der Waals surface area contributed by atoms with E-state index in [9.17, 15) is 38.9 Å². The lowest BCUT2D eigenvalue weighted by molar-refractivity contribution is 0.480. The van der Waals surface area contributed by atoms with Crippen molar-refractivity contribution >= 4 is 75.7 Å². The van der Waals surface area contributed by atoms with Gasteiger partial charge in [-0.1, -0.05) is 36.4 Å². The van der Waals surface area contributed by atoms with Crippen molar-refractivity contribution in [2.24, 2.45) is 10.2 Å². The van der Waals surface area contributed by atoms with Gasteiger partial charge in [0.1, 0.15) is 21.3 Å². The van der Waals surface area contributed by atoms with E-state index in [1.54, 1.807) is 30.4 Å². The Morgan fingerprint density at radius 2 is 1.37 bits per heavy atom. The lowest BCUT2D eigenvalue weighted by atomic mass is 10.1. The summed E-state index contributed by atoms with van der Waals surface area (Å²) in [5.41, 5.74) is 1.64. The SMILES string of the molecule is O=S(=O)(O)c1cc(S(=O)(=O)O)c2ccc(S(=O)(=O)O)c(N=Nc3ccccc3/C=C/c3nc4ccccc4[nH]3)c2c1. The van der Waals surface area contributed by atoms with Crippen LogP contribution in [0.5, 0.6) is 0 Å². The van der Waals surface area contributed by atoms with Gasteiger partial charge in [0.2, 0.25) is 0 Å². The third kappa shape index (κ3) is 5.92. The summed E-state index contributed by atoms with van der Waals surface area (Å²) in [7, 11) is -15.1. The second kappa shape index (κ2) is 10.3.